The molecule has 164 valence electrons. The Bertz CT molecular complexity index is 926. The van der Waals surface area contributed by atoms with Crippen LogP contribution in [0.4, 0.5) is 4.79 Å². The zero-order chi connectivity index (χ0) is 22.5. The Morgan fingerprint density at radius 1 is 0.935 bits per heavy atom. The Labute approximate surface area is 181 Å². The molecule has 1 unspecified atom stereocenters. The van der Waals surface area contributed by atoms with Crippen LogP contribution in [0.25, 0.3) is 11.1 Å². The summed E-state index contributed by atoms with van der Waals surface area (Å²) in [5, 5.41) is 14.1. The second-order valence-corrected chi connectivity index (χ2v) is 8.20. The summed E-state index contributed by atoms with van der Waals surface area (Å²) in [5.41, 5.74) is 4.49. The van der Waals surface area contributed by atoms with E-state index in [1.165, 1.54) is 0 Å². The maximum atomic E-state index is 12.5. The van der Waals surface area contributed by atoms with E-state index in [0.717, 1.165) is 22.3 Å². The van der Waals surface area contributed by atoms with Crippen LogP contribution >= 0.6 is 0 Å². The molecule has 0 saturated heterocycles. The lowest BCUT2D eigenvalue weighted by atomic mass is 9.98. The minimum Gasteiger partial charge on any atom is -0.481 e. The number of alkyl carbamates (subject to hydrolysis) is 1. The van der Waals surface area contributed by atoms with Crippen LogP contribution in [-0.2, 0) is 14.3 Å². The number of nitrogens with one attached hydrogen (secondary N) is 2. The number of carbonyl (C=O) groups is 3. The van der Waals surface area contributed by atoms with Crippen molar-refractivity contribution in [2.24, 2.45) is 5.92 Å². The molecule has 0 spiro atoms. The van der Waals surface area contributed by atoms with Crippen LogP contribution in [-0.4, -0.2) is 41.8 Å². The highest BCUT2D eigenvalue weighted by atomic mass is 16.5. The first-order valence-electron chi connectivity index (χ1n) is 10.4. The molecule has 0 heterocycles. The van der Waals surface area contributed by atoms with Crippen molar-refractivity contribution in [1.82, 2.24) is 10.6 Å². The summed E-state index contributed by atoms with van der Waals surface area (Å²) >= 11 is 0. The molecule has 3 N–H and O–H groups in total. The third kappa shape index (κ3) is 5.23. The minimum atomic E-state index is -1.00. The van der Waals surface area contributed by atoms with E-state index in [1.807, 2.05) is 36.4 Å². The zero-order valence-electron chi connectivity index (χ0n) is 17.9. The predicted molar refractivity (Wildman–Crippen MR) is 117 cm³/mol. The highest BCUT2D eigenvalue weighted by Gasteiger charge is 2.30. The van der Waals surface area contributed by atoms with Crippen molar-refractivity contribution in [3.05, 3.63) is 59.7 Å². The zero-order valence-corrected chi connectivity index (χ0v) is 17.9. The number of hydrogen-bond acceptors (Lipinski definition) is 4. The van der Waals surface area contributed by atoms with Crippen molar-refractivity contribution in [2.75, 3.05) is 6.61 Å². The molecular formula is C24H28N2O5. The van der Waals surface area contributed by atoms with Crippen molar-refractivity contribution < 1.29 is 24.2 Å². The number of carboxylic acid groups (broad SMARTS) is 1. The summed E-state index contributed by atoms with van der Waals surface area (Å²) in [4.78, 5) is 35.8. The number of ether oxygens (including phenoxy) is 1. The van der Waals surface area contributed by atoms with E-state index in [2.05, 4.69) is 22.8 Å². The van der Waals surface area contributed by atoms with Crippen LogP contribution in [0.3, 0.4) is 0 Å². The van der Waals surface area contributed by atoms with E-state index >= 15 is 0 Å². The topological polar surface area (TPSA) is 105 Å². The Kier molecular flexibility index (Phi) is 6.95. The lowest BCUT2D eigenvalue weighted by molar-refractivity contribution is -0.137. The molecule has 0 radical (unpaired) electrons. The van der Waals surface area contributed by atoms with Gasteiger partial charge in [0.1, 0.15) is 12.6 Å². The Hall–Kier alpha value is -3.35. The molecule has 0 aliphatic heterocycles. The fraction of sp³-hybridized carbons (Fsp3) is 0.375. The fourth-order valence-electron chi connectivity index (χ4n) is 3.95. The van der Waals surface area contributed by atoms with Gasteiger partial charge in [0.2, 0.25) is 5.91 Å². The lowest BCUT2D eigenvalue weighted by Gasteiger charge is -2.24. The van der Waals surface area contributed by atoms with Gasteiger partial charge in [-0.15, -0.1) is 0 Å². The average Bonchev–Trinajstić information content (AvgIpc) is 3.03. The normalized spacial score (nSPS) is 14.3. The molecular weight excluding hydrogens is 396 g/mol. The molecule has 31 heavy (non-hydrogen) atoms. The number of aliphatic carboxylic acids is 1. The van der Waals surface area contributed by atoms with Gasteiger partial charge in [-0.25, -0.2) is 4.79 Å². The largest absolute Gasteiger partial charge is 0.481 e. The monoisotopic (exact) mass is 424 g/mol. The van der Waals surface area contributed by atoms with Crippen LogP contribution in [0.15, 0.2) is 48.5 Å². The van der Waals surface area contributed by atoms with E-state index in [-0.39, 0.29) is 24.9 Å². The van der Waals surface area contributed by atoms with Gasteiger partial charge >= 0.3 is 12.1 Å². The first kappa shape index (κ1) is 22.3. The summed E-state index contributed by atoms with van der Waals surface area (Å²) < 4.78 is 5.52. The fourth-order valence-corrected chi connectivity index (χ4v) is 3.95. The Morgan fingerprint density at radius 2 is 1.48 bits per heavy atom. The van der Waals surface area contributed by atoms with Crippen molar-refractivity contribution in [2.45, 2.75) is 45.2 Å². The standard InChI is InChI=1S/C24H28N2O5/c1-14(2)22(23(29)25-15(3)12-21(27)28)26-24(30)31-13-20-18-10-6-4-8-16(18)17-9-5-7-11-19(17)20/h4-11,14-15,20,22H,12-13H2,1-3H3,(H,25,29)(H,26,30)(H,27,28)/t15-,22?/m1/s1. The summed E-state index contributed by atoms with van der Waals surface area (Å²) in [6, 6.07) is 14.7. The summed E-state index contributed by atoms with van der Waals surface area (Å²) in [7, 11) is 0. The molecule has 0 fully saturated rings. The first-order chi connectivity index (χ1) is 14.8. The van der Waals surface area contributed by atoms with Crippen molar-refractivity contribution in [3.63, 3.8) is 0 Å². The van der Waals surface area contributed by atoms with Gasteiger partial charge in [-0.05, 0) is 35.1 Å². The molecule has 7 heteroatoms. The van der Waals surface area contributed by atoms with Crippen LogP contribution in [0.2, 0.25) is 0 Å². The summed E-state index contributed by atoms with van der Waals surface area (Å²) in [6.07, 6.45) is -0.872. The molecule has 2 aromatic carbocycles. The molecule has 3 rings (SSSR count). The molecule has 0 aromatic heterocycles. The van der Waals surface area contributed by atoms with E-state index in [9.17, 15) is 14.4 Å². The average molecular weight is 424 g/mol. The van der Waals surface area contributed by atoms with Gasteiger partial charge in [0, 0.05) is 12.0 Å². The molecule has 1 aliphatic carbocycles. The minimum absolute atomic E-state index is 0.0694. The van der Waals surface area contributed by atoms with Crippen molar-refractivity contribution in [1.29, 1.82) is 0 Å². The number of benzene rings is 2. The van der Waals surface area contributed by atoms with Gasteiger partial charge in [0.15, 0.2) is 0 Å². The Morgan fingerprint density at radius 3 is 2.00 bits per heavy atom. The highest BCUT2D eigenvalue weighted by molar-refractivity contribution is 5.86. The maximum absolute atomic E-state index is 12.5. The van der Waals surface area contributed by atoms with E-state index in [1.54, 1.807) is 20.8 Å². The number of fused-ring (bicyclic) bond motifs is 3. The maximum Gasteiger partial charge on any atom is 0.407 e. The quantitative estimate of drug-likeness (QED) is 0.601. The molecule has 2 amide bonds. The van der Waals surface area contributed by atoms with Gasteiger partial charge in [-0.2, -0.15) is 0 Å². The van der Waals surface area contributed by atoms with Gasteiger partial charge in [-0.3, -0.25) is 9.59 Å². The summed E-state index contributed by atoms with van der Waals surface area (Å²) in [5.74, 6) is -1.70. The molecule has 0 bridgehead atoms. The molecule has 7 nitrogen and oxygen atoms in total. The third-order valence-corrected chi connectivity index (χ3v) is 5.44. The molecule has 0 saturated carbocycles. The van der Waals surface area contributed by atoms with Crippen LogP contribution in [0.5, 0.6) is 0 Å². The van der Waals surface area contributed by atoms with Gasteiger partial charge in [-0.1, -0.05) is 62.4 Å². The smallest absolute Gasteiger partial charge is 0.407 e. The third-order valence-electron chi connectivity index (χ3n) is 5.44. The van der Waals surface area contributed by atoms with E-state index in [4.69, 9.17) is 9.84 Å². The van der Waals surface area contributed by atoms with Crippen molar-refractivity contribution in [3.8, 4) is 11.1 Å². The van der Waals surface area contributed by atoms with Crippen LogP contribution in [0, 0.1) is 5.92 Å². The number of carbonyl (C=O) groups excluding carboxylic acids is 2. The van der Waals surface area contributed by atoms with Crippen LogP contribution in [0.1, 0.15) is 44.2 Å². The van der Waals surface area contributed by atoms with E-state index in [0.29, 0.717) is 0 Å². The van der Waals surface area contributed by atoms with Crippen molar-refractivity contribution >= 4 is 18.0 Å². The van der Waals surface area contributed by atoms with E-state index < -0.39 is 30.1 Å². The number of hydrogen-bond donors (Lipinski definition) is 3. The van der Waals surface area contributed by atoms with Gasteiger partial charge < -0.3 is 20.5 Å². The number of carboxylic acids is 1. The van der Waals surface area contributed by atoms with Gasteiger partial charge in [0.25, 0.3) is 0 Å². The number of amides is 2. The Balaban J connectivity index is 1.63. The first-order valence-corrected chi connectivity index (χ1v) is 10.4. The summed E-state index contributed by atoms with van der Waals surface area (Å²) in [6.45, 7) is 5.37. The predicted octanol–water partition coefficient (Wildman–Crippen LogP) is 3.53. The molecule has 1 aliphatic rings. The molecule has 2 aromatic rings. The molecule has 2 atom stereocenters. The van der Waals surface area contributed by atoms with Gasteiger partial charge in [0.05, 0.1) is 6.42 Å². The second-order valence-electron chi connectivity index (χ2n) is 8.20. The number of rotatable bonds is 8. The SMILES string of the molecule is CC(C)C(NC(=O)OCC1c2ccccc2-c2ccccc21)C(=O)N[C@H](C)CC(=O)O. The lowest BCUT2D eigenvalue weighted by Crippen LogP contribution is -2.52. The second kappa shape index (κ2) is 9.64. The van der Waals surface area contributed by atoms with Crippen LogP contribution < -0.4 is 10.6 Å². The highest BCUT2D eigenvalue weighted by Crippen LogP contribution is 2.44.